The van der Waals surface area contributed by atoms with Crippen molar-refractivity contribution < 1.29 is 37.3 Å². The number of carbonyl (C=O) groups excluding carboxylic acids is 2. The van der Waals surface area contributed by atoms with Gasteiger partial charge in [-0.15, -0.1) is 11.3 Å². The molecule has 0 aliphatic carbocycles. The van der Waals surface area contributed by atoms with E-state index in [9.17, 15) is 14.2 Å². The average molecular weight is 562 g/mol. The zero-order chi connectivity index (χ0) is 27.3. The molecule has 11 heteroatoms. The van der Waals surface area contributed by atoms with Gasteiger partial charge in [0.15, 0.2) is 0 Å². The minimum absolute atomic E-state index is 0.0627. The lowest BCUT2D eigenvalue weighted by Gasteiger charge is -2.37. The third-order valence-electron chi connectivity index (χ3n) is 5.82. The van der Waals surface area contributed by atoms with Gasteiger partial charge in [-0.25, -0.2) is 14.3 Å². The summed E-state index contributed by atoms with van der Waals surface area (Å²) in [6, 6.07) is 13.2. The van der Waals surface area contributed by atoms with Crippen LogP contribution in [0.2, 0.25) is 0 Å². The number of nitrogens with one attached hydrogen (secondary N) is 1. The molecule has 0 bridgehead atoms. The second-order valence-electron chi connectivity index (χ2n) is 9.39. The monoisotopic (exact) mass is 561 g/mol. The third kappa shape index (κ3) is 6.50. The van der Waals surface area contributed by atoms with E-state index in [0.717, 1.165) is 4.70 Å². The van der Waals surface area contributed by atoms with Crippen LogP contribution >= 0.6 is 18.9 Å². The predicted molar refractivity (Wildman–Crippen MR) is 143 cm³/mol. The maximum absolute atomic E-state index is 16.1. The van der Waals surface area contributed by atoms with Crippen LogP contribution in [0.5, 0.6) is 5.75 Å². The summed E-state index contributed by atoms with van der Waals surface area (Å²) in [5.74, 6) is -3.15. The number of thiophene rings is 1. The molecule has 0 amide bonds. The van der Waals surface area contributed by atoms with Crippen LogP contribution in [0.4, 0.5) is 4.39 Å². The summed E-state index contributed by atoms with van der Waals surface area (Å²) in [5, 5.41) is 3.16. The molecule has 8 nitrogen and oxygen atoms in total. The highest BCUT2D eigenvalue weighted by Gasteiger charge is 2.41. The SMILES string of the molecule is C=CCOC(=O)c1cc2cc([C@H](F)P(=O)(N[C@@H](C)C(=O)OCC3(C)COC3)Oc3ccccc3)ccc2s1. The van der Waals surface area contributed by atoms with Crippen molar-refractivity contribution in [3.05, 3.63) is 77.7 Å². The second kappa shape index (κ2) is 11.8. The Morgan fingerprint density at radius 1 is 1.21 bits per heavy atom. The van der Waals surface area contributed by atoms with Gasteiger partial charge in [0.2, 0.25) is 5.91 Å². The van der Waals surface area contributed by atoms with Crippen molar-refractivity contribution in [1.29, 1.82) is 0 Å². The maximum atomic E-state index is 16.1. The normalized spacial score (nSPS) is 17.4. The van der Waals surface area contributed by atoms with Crippen molar-refractivity contribution in [3.8, 4) is 5.75 Å². The first kappa shape index (κ1) is 28.0. The Kier molecular flexibility index (Phi) is 8.67. The Labute approximate surface area is 224 Å². The molecular formula is C27H29FNO7PS. The van der Waals surface area contributed by atoms with Gasteiger partial charge in [-0.2, -0.15) is 0 Å². The summed E-state index contributed by atoms with van der Waals surface area (Å²) in [6.45, 7) is 8.04. The first-order valence-electron chi connectivity index (χ1n) is 11.9. The van der Waals surface area contributed by atoms with E-state index >= 15 is 4.39 Å². The van der Waals surface area contributed by atoms with E-state index in [-0.39, 0.29) is 29.9 Å². The van der Waals surface area contributed by atoms with Crippen LogP contribution in [-0.2, 0) is 23.6 Å². The number of para-hydroxylation sites is 1. The largest absolute Gasteiger partial charge is 0.464 e. The summed E-state index contributed by atoms with van der Waals surface area (Å²) in [6.07, 6.45) is 1.47. The molecule has 1 aromatic heterocycles. The fourth-order valence-corrected chi connectivity index (χ4v) is 6.56. The van der Waals surface area contributed by atoms with Crippen molar-refractivity contribution in [1.82, 2.24) is 5.09 Å². The first-order chi connectivity index (χ1) is 18.1. The van der Waals surface area contributed by atoms with E-state index in [4.69, 9.17) is 18.7 Å². The van der Waals surface area contributed by atoms with E-state index in [0.29, 0.717) is 23.5 Å². The highest BCUT2D eigenvalue weighted by molar-refractivity contribution is 7.57. The number of alkyl halides is 1. The van der Waals surface area contributed by atoms with Crippen LogP contribution in [0, 0.1) is 5.41 Å². The maximum Gasteiger partial charge on any atom is 0.355 e. The van der Waals surface area contributed by atoms with E-state index in [1.807, 2.05) is 6.92 Å². The van der Waals surface area contributed by atoms with E-state index in [2.05, 4.69) is 11.7 Å². The van der Waals surface area contributed by atoms with Crippen molar-refractivity contribution in [2.45, 2.75) is 25.8 Å². The quantitative estimate of drug-likeness (QED) is 0.162. The lowest BCUT2D eigenvalue weighted by atomic mass is 9.90. The van der Waals surface area contributed by atoms with Crippen LogP contribution in [0.15, 0.2) is 67.3 Å². The molecule has 202 valence electrons. The van der Waals surface area contributed by atoms with E-state index in [1.165, 1.54) is 36.5 Å². The number of fused-ring (bicyclic) bond motifs is 1. The molecule has 2 aromatic carbocycles. The molecular weight excluding hydrogens is 532 g/mol. The van der Waals surface area contributed by atoms with Gasteiger partial charge in [0, 0.05) is 10.1 Å². The van der Waals surface area contributed by atoms with Gasteiger partial charge in [-0.05, 0) is 48.2 Å². The highest BCUT2D eigenvalue weighted by atomic mass is 32.1. The molecule has 0 spiro atoms. The Morgan fingerprint density at radius 3 is 2.61 bits per heavy atom. The number of carbonyl (C=O) groups is 2. The third-order valence-corrected chi connectivity index (χ3v) is 9.04. The number of rotatable bonds is 12. The minimum atomic E-state index is -4.37. The fraction of sp³-hybridized carbons (Fsp3) is 0.333. The Bertz CT molecular complexity index is 1360. The van der Waals surface area contributed by atoms with Gasteiger partial charge in [0.1, 0.15) is 29.9 Å². The fourth-order valence-electron chi connectivity index (χ4n) is 3.72. The zero-order valence-corrected chi connectivity index (χ0v) is 22.8. The van der Waals surface area contributed by atoms with Crippen LogP contribution in [0.3, 0.4) is 0 Å². The number of halogens is 1. The number of esters is 2. The number of benzene rings is 2. The molecule has 3 aromatic rings. The Hall–Kier alpha value is -3.04. The minimum Gasteiger partial charge on any atom is -0.464 e. The molecule has 2 heterocycles. The molecule has 1 unspecified atom stereocenters. The Balaban J connectivity index is 1.57. The molecule has 1 aliphatic rings. The summed E-state index contributed by atoms with van der Waals surface area (Å²) in [4.78, 5) is 25.2. The molecule has 0 saturated carbocycles. The topological polar surface area (TPSA) is 100 Å². The highest BCUT2D eigenvalue weighted by Crippen LogP contribution is 2.58. The molecule has 38 heavy (non-hydrogen) atoms. The van der Waals surface area contributed by atoms with Crippen molar-refractivity contribution >= 4 is 40.9 Å². The van der Waals surface area contributed by atoms with Crippen molar-refractivity contribution in [2.75, 3.05) is 26.4 Å². The van der Waals surface area contributed by atoms with Gasteiger partial charge < -0.3 is 18.7 Å². The van der Waals surface area contributed by atoms with Gasteiger partial charge in [-0.3, -0.25) is 9.36 Å². The molecule has 1 N–H and O–H groups in total. The summed E-state index contributed by atoms with van der Waals surface area (Å²) >= 11 is 1.20. The number of hydrogen-bond acceptors (Lipinski definition) is 8. The molecule has 4 rings (SSSR count). The van der Waals surface area contributed by atoms with Crippen molar-refractivity contribution in [3.63, 3.8) is 0 Å². The summed E-state index contributed by atoms with van der Waals surface area (Å²) in [5.41, 5.74) is -0.206. The smallest absolute Gasteiger partial charge is 0.355 e. The standard InChI is InChI=1S/C27H29FNO7PS/c1-4-12-34-26(31)23-14-20-13-19(10-11-22(20)38-23)24(28)37(32,36-21-8-6-5-7-9-21)29-18(2)25(30)35-17-27(3)15-33-16-27/h4-11,13-14,18,24H,1,12,15-17H2,2-3H3,(H,29,32)/t18-,24+,37?/m0/s1. The molecule has 1 aliphatic heterocycles. The average Bonchev–Trinajstić information content (AvgIpc) is 3.33. The van der Waals surface area contributed by atoms with Crippen molar-refractivity contribution in [2.24, 2.45) is 5.41 Å². The zero-order valence-electron chi connectivity index (χ0n) is 21.1. The van der Waals surface area contributed by atoms with Crippen LogP contribution in [0.25, 0.3) is 10.1 Å². The first-order valence-corrected chi connectivity index (χ1v) is 14.5. The molecule has 3 atom stereocenters. The summed E-state index contributed by atoms with van der Waals surface area (Å²) in [7, 11) is -4.37. The van der Waals surface area contributed by atoms with Gasteiger partial charge in [-0.1, -0.05) is 43.8 Å². The van der Waals surface area contributed by atoms with Crippen LogP contribution < -0.4 is 9.61 Å². The van der Waals surface area contributed by atoms with E-state index < -0.39 is 31.4 Å². The van der Waals surface area contributed by atoms with Gasteiger partial charge in [0.25, 0.3) is 0 Å². The molecule has 1 saturated heterocycles. The summed E-state index contributed by atoms with van der Waals surface area (Å²) < 4.78 is 52.1. The lowest BCUT2D eigenvalue weighted by Crippen LogP contribution is -2.45. The van der Waals surface area contributed by atoms with Gasteiger partial charge >= 0.3 is 19.5 Å². The van der Waals surface area contributed by atoms with Gasteiger partial charge in [0.05, 0.1) is 13.2 Å². The second-order valence-corrected chi connectivity index (χ2v) is 12.6. The lowest BCUT2D eigenvalue weighted by molar-refractivity contribution is -0.166. The Morgan fingerprint density at radius 2 is 1.95 bits per heavy atom. The van der Waals surface area contributed by atoms with E-state index in [1.54, 1.807) is 42.5 Å². The molecule has 1 fully saturated rings. The van der Waals surface area contributed by atoms with Crippen LogP contribution in [0.1, 0.15) is 35.0 Å². The predicted octanol–water partition coefficient (Wildman–Crippen LogP) is 6.04. The number of ether oxygens (including phenoxy) is 3. The van der Waals surface area contributed by atoms with Crippen LogP contribution in [-0.4, -0.2) is 44.4 Å². The molecule has 0 radical (unpaired) electrons. The number of hydrogen-bond donors (Lipinski definition) is 1.